The van der Waals surface area contributed by atoms with Crippen molar-refractivity contribution in [1.29, 1.82) is 5.26 Å². The zero-order valence-corrected chi connectivity index (χ0v) is 9.20. The molecule has 0 aliphatic rings. The first-order chi connectivity index (χ1) is 8.10. The van der Waals surface area contributed by atoms with Crippen LogP contribution >= 0.6 is 0 Å². The molecule has 1 aromatic rings. The summed E-state index contributed by atoms with van der Waals surface area (Å²) >= 11 is 0. The summed E-state index contributed by atoms with van der Waals surface area (Å²) < 4.78 is 4.37. The Morgan fingerprint density at radius 3 is 2.94 bits per heavy atom. The number of pyridine rings is 1. The maximum absolute atomic E-state index is 10.9. The van der Waals surface area contributed by atoms with Crippen molar-refractivity contribution in [1.82, 2.24) is 4.98 Å². The number of carbonyl (C=O) groups excluding carboxylic acids is 1. The van der Waals surface area contributed by atoms with Gasteiger partial charge in [-0.25, -0.2) is 4.98 Å². The molecule has 0 bridgehead atoms. The van der Waals surface area contributed by atoms with Gasteiger partial charge in [0, 0.05) is 11.8 Å². The molecule has 6 heteroatoms. The summed E-state index contributed by atoms with van der Waals surface area (Å²) in [4.78, 5) is 14.7. The molecule has 0 saturated heterocycles. The summed E-state index contributed by atoms with van der Waals surface area (Å²) in [6.45, 7) is 0. The minimum absolute atomic E-state index is 0.0175. The SMILES string of the molecule is COC(=O)CC(O)C(O)c1cccnc1C#N. The molecule has 0 aromatic carbocycles. The molecular formula is C11H12N2O4. The fraction of sp³-hybridized carbons (Fsp3) is 0.364. The van der Waals surface area contributed by atoms with Crippen molar-refractivity contribution < 1.29 is 19.7 Å². The van der Waals surface area contributed by atoms with E-state index >= 15 is 0 Å². The molecule has 0 aliphatic carbocycles. The fourth-order valence-corrected chi connectivity index (χ4v) is 1.32. The van der Waals surface area contributed by atoms with Gasteiger partial charge in [-0.15, -0.1) is 0 Å². The van der Waals surface area contributed by atoms with E-state index in [-0.39, 0.29) is 17.7 Å². The molecule has 2 atom stereocenters. The normalized spacial score (nSPS) is 13.5. The number of esters is 1. The van der Waals surface area contributed by atoms with Gasteiger partial charge in [0.05, 0.1) is 19.6 Å². The van der Waals surface area contributed by atoms with Crippen LogP contribution in [0.2, 0.25) is 0 Å². The largest absolute Gasteiger partial charge is 0.469 e. The maximum Gasteiger partial charge on any atom is 0.308 e. The minimum Gasteiger partial charge on any atom is -0.469 e. The first-order valence-corrected chi connectivity index (χ1v) is 4.88. The van der Waals surface area contributed by atoms with Gasteiger partial charge >= 0.3 is 5.97 Å². The summed E-state index contributed by atoms with van der Waals surface area (Å²) in [6.07, 6.45) is -1.63. The highest BCUT2D eigenvalue weighted by atomic mass is 16.5. The second kappa shape index (κ2) is 5.94. The number of aromatic nitrogens is 1. The predicted molar refractivity (Wildman–Crippen MR) is 56.6 cm³/mol. The number of nitrogens with zero attached hydrogens (tertiary/aromatic N) is 2. The summed E-state index contributed by atoms with van der Waals surface area (Å²) in [6, 6.07) is 4.80. The lowest BCUT2D eigenvalue weighted by molar-refractivity contribution is -0.144. The smallest absolute Gasteiger partial charge is 0.308 e. The monoisotopic (exact) mass is 236 g/mol. The summed E-state index contributed by atoms with van der Waals surface area (Å²) in [5, 5.41) is 28.2. The van der Waals surface area contributed by atoms with Gasteiger partial charge in [-0.2, -0.15) is 5.26 Å². The molecule has 17 heavy (non-hydrogen) atoms. The first-order valence-electron chi connectivity index (χ1n) is 4.88. The molecular weight excluding hydrogens is 224 g/mol. The van der Waals surface area contributed by atoms with E-state index in [0.29, 0.717) is 0 Å². The highest BCUT2D eigenvalue weighted by molar-refractivity contribution is 5.69. The molecule has 1 aromatic heterocycles. The van der Waals surface area contributed by atoms with E-state index in [2.05, 4.69) is 9.72 Å². The lowest BCUT2D eigenvalue weighted by Crippen LogP contribution is -2.23. The van der Waals surface area contributed by atoms with E-state index in [1.54, 1.807) is 6.07 Å². The third-order valence-corrected chi connectivity index (χ3v) is 2.23. The average molecular weight is 236 g/mol. The molecule has 6 nitrogen and oxygen atoms in total. The number of carbonyl (C=O) groups is 1. The van der Waals surface area contributed by atoms with E-state index in [9.17, 15) is 15.0 Å². The number of nitriles is 1. The van der Waals surface area contributed by atoms with Crippen molar-refractivity contribution in [2.45, 2.75) is 18.6 Å². The molecule has 2 unspecified atom stereocenters. The Bertz CT molecular complexity index is 441. The minimum atomic E-state index is -1.35. The molecule has 0 spiro atoms. The van der Waals surface area contributed by atoms with Gasteiger partial charge in [-0.1, -0.05) is 6.07 Å². The van der Waals surface area contributed by atoms with Crippen LogP contribution in [-0.2, 0) is 9.53 Å². The number of aliphatic hydroxyl groups is 2. The molecule has 0 amide bonds. The Labute approximate surface area is 98.1 Å². The molecule has 0 saturated carbocycles. The summed E-state index contributed by atoms with van der Waals surface area (Å²) in [7, 11) is 1.19. The van der Waals surface area contributed by atoms with E-state index in [1.165, 1.54) is 25.4 Å². The molecule has 0 aliphatic heterocycles. The van der Waals surface area contributed by atoms with Crippen LogP contribution in [0.1, 0.15) is 23.8 Å². The van der Waals surface area contributed by atoms with Crippen LogP contribution < -0.4 is 0 Å². The summed E-state index contributed by atoms with van der Waals surface area (Å²) in [5.74, 6) is -0.640. The molecule has 90 valence electrons. The Morgan fingerprint density at radius 1 is 1.65 bits per heavy atom. The quantitative estimate of drug-likeness (QED) is 0.708. The van der Waals surface area contributed by atoms with Crippen LogP contribution in [0.15, 0.2) is 18.3 Å². The zero-order valence-electron chi connectivity index (χ0n) is 9.20. The molecule has 0 radical (unpaired) electrons. The topological polar surface area (TPSA) is 103 Å². The van der Waals surface area contributed by atoms with E-state index in [4.69, 9.17) is 5.26 Å². The predicted octanol–water partition coefficient (Wildman–Crippen LogP) is -0.0893. The third-order valence-electron chi connectivity index (χ3n) is 2.23. The van der Waals surface area contributed by atoms with Crippen molar-refractivity contribution in [3.63, 3.8) is 0 Å². The number of ether oxygens (including phenoxy) is 1. The number of hydrogen-bond acceptors (Lipinski definition) is 6. The van der Waals surface area contributed by atoms with Crippen LogP contribution in [0.5, 0.6) is 0 Å². The van der Waals surface area contributed by atoms with Crippen molar-refractivity contribution in [2.24, 2.45) is 0 Å². The number of hydrogen-bond donors (Lipinski definition) is 2. The fourth-order valence-electron chi connectivity index (χ4n) is 1.32. The van der Waals surface area contributed by atoms with E-state index < -0.39 is 18.2 Å². The van der Waals surface area contributed by atoms with E-state index in [0.717, 1.165) is 0 Å². The molecule has 0 fully saturated rings. The maximum atomic E-state index is 10.9. The Hall–Kier alpha value is -1.97. The van der Waals surface area contributed by atoms with Crippen LogP contribution in [0.3, 0.4) is 0 Å². The number of aliphatic hydroxyl groups excluding tert-OH is 2. The Morgan fingerprint density at radius 2 is 2.35 bits per heavy atom. The van der Waals surface area contributed by atoms with E-state index in [1.807, 2.05) is 0 Å². The Kier molecular flexibility index (Phi) is 4.57. The van der Waals surface area contributed by atoms with Crippen LogP contribution in [0.25, 0.3) is 0 Å². The molecule has 2 N–H and O–H groups in total. The van der Waals surface area contributed by atoms with Crippen molar-refractivity contribution in [3.05, 3.63) is 29.6 Å². The lowest BCUT2D eigenvalue weighted by atomic mass is 10.0. The Balaban J connectivity index is 2.85. The van der Waals surface area contributed by atoms with Gasteiger partial charge in [0.15, 0.2) is 0 Å². The van der Waals surface area contributed by atoms with Gasteiger partial charge < -0.3 is 14.9 Å². The average Bonchev–Trinajstić information content (AvgIpc) is 2.37. The molecule has 1 heterocycles. The van der Waals surface area contributed by atoms with Crippen molar-refractivity contribution in [2.75, 3.05) is 7.11 Å². The van der Waals surface area contributed by atoms with Crippen molar-refractivity contribution in [3.8, 4) is 6.07 Å². The lowest BCUT2D eigenvalue weighted by Gasteiger charge is -2.17. The van der Waals surface area contributed by atoms with Gasteiger partial charge in [0.2, 0.25) is 0 Å². The highest BCUT2D eigenvalue weighted by Crippen LogP contribution is 2.21. The van der Waals surface area contributed by atoms with Gasteiger partial charge in [0.1, 0.15) is 17.9 Å². The number of rotatable bonds is 4. The number of methoxy groups -OCH3 is 1. The summed E-state index contributed by atoms with van der Waals surface area (Å²) in [5.41, 5.74) is 0.204. The van der Waals surface area contributed by atoms with Gasteiger partial charge in [-0.05, 0) is 6.07 Å². The zero-order chi connectivity index (χ0) is 12.8. The second-order valence-corrected chi connectivity index (χ2v) is 3.35. The van der Waals surface area contributed by atoms with Crippen LogP contribution in [0.4, 0.5) is 0 Å². The van der Waals surface area contributed by atoms with Gasteiger partial charge in [0.25, 0.3) is 0 Å². The highest BCUT2D eigenvalue weighted by Gasteiger charge is 2.24. The first kappa shape index (κ1) is 13.1. The van der Waals surface area contributed by atoms with Gasteiger partial charge in [-0.3, -0.25) is 4.79 Å². The second-order valence-electron chi connectivity index (χ2n) is 3.35. The van der Waals surface area contributed by atoms with Crippen LogP contribution in [0, 0.1) is 11.3 Å². The molecule has 1 rings (SSSR count). The standard InChI is InChI=1S/C11H12N2O4/c1-17-10(15)5-9(14)11(16)7-3-2-4-13-8(7)6-12/h2-4,9,11,14,16H,5H2,1H3. The third kappa shape index (κ3) is 3.24. The van der Waals surface area contributed by atoms with Crippen molar-refractivity contribution >= 4 is 5.97 Å². The van der Waals surface area contributed by atoms with Crippen LogP contribution in [-0.4, -0.2) is 34.4 Å².